The van der Waals surface area contributed by atoms with E-state index in [1.807, 2.05) is 0 Å². The highest BCUT2D eigenvalue weighted by Gasteiger charge is 2.18. The minimum absolute atomic E-state index is 0.603. The molecule has 1 atom stereocenters. The van der Waals surface area contributed by atoms with Crippen molar-refractivity contribution < 1.29 is 0 Å². The van der Waals surface area contributed by atoms with Crippen molar-refractivity contribution in [1.82, 2.24) is 5.32 Å². The van der Waals surface area contributed by atoms with Crippen molar-refractivity contribution in [3.8, 4) is 0 Å². The van der Waals surface area contributed by atoms with Crippen LogP contribution in [0.5, 0.6) is 0 Å². The average Bonchev–Trinajstić information content (AvgIpc) is 2.47. The van der Waals surface area contributed by atoms with Gasteiger partial charge in [0.15, 0.2) is 0 Å². The van der Waals surface area contributed by atoms with Crippen LogP contribution >= 0.6 is 0 Å². The van der Waals surface area contributed by atoms with E-state index < -0.39 is 0 Å². The quantitative estimate of drug-likeness (QED) is 0.642. The predicted octanol–water partition coefficient (Wildman–Crippen LogP) is 2.24. The number of benzene rings is 1. The summed E-state index contributed by atoms with van der Waals surface area (Å²) in [5.41, 5.74) is 2.97. The van der Waals surface area contributed by atoms with Crippen LogP contribution in [0, 0.1) is 0 Å². The Hall–Kier alpha value is -0.820. The highest BCUT2D eigenvalue weighted by Crippen LogP contribution is 2.26. The minimum atomic E-state index is 0.603. The second kappa shape index (κ2) is 2.67. The maximum atomic E-state index is 3.47. The monoisotopic (exact) mass is 147 g/mol. The van der Waals surface area contributed by atoms with E-state index in [1.165, 1.54) is 17.5 Å². The molecule has 1 aliphatic heterocycles. The molecule has 0 spiro atoms. The van der Waals surface area contributed by atoms with Gasteiger partial charge in [0, 0.05) is 12.6 Å². The lowest BCUT2D eigenvalue weighted by molar-refractivity contribution is 0.567. The number of hydrogen-bond acceptors (Lipinski definition) is 1. The fraction of sp³-hybridized carbons (Fsp3) is 0.400. The Morgan fingerprint density at radius 2 is 2.27 bits per heavy atom. The molecule has 0 fully saturated rings. The van der Waals surface area contributed by atoms with Gasteiger partial charge in [0.25, 0.3) is 0 Å². The molecule has 0 radical (unpaired) electrons. The summed E-state index contributed by atoms with van der Waals surface area (Å²) in [6, 6.07) is 9.26. The zero-order valence-corrected chi connectivity index (χ0v) is 6.80. The average molecular weight is 147 g/mol. The molecule has 0 amide bonds. The van der Waals surface area contributed by atoms with E-state index in [2.05, 4.69) is 36.5 Å². The van der Waals surface area contributed by atoms with Gasteiger partial charge < -0.3 is 5.32 Å². The second-order valence-corrected chi connectivity index (χ2v) is 3.04. The standard InChI is InChI=1S/C10H13N/c1-2-10-9-6-4-3-5-8(9)7-11-10/h3-6,10-11H,2,7H2,1H3. The first-order chi connectivity index (χ1) is 5.42. The zero-order chi connectivity index (χ0) is 7.68. The molecule has 1 aromatic rings. The lowest BCUT2D eigenvalue weighted by Gasteiger charge is -2.07. The van der Waals surface area contributed by atoms with Gasteiger partial charge >= 0.3 is 0 Å². The van der Waals surface area contributed by atoms with Crippen LogP contribution < -0.4 is 5.32 Å². The molecule has 1 heteroatoms. The van der Waals surface area contributed by atoms with E-state index in [1.54, 1.807) is 0 Å². The largest absolute Gasteiger partial charge is 0.306 e. The van der Waals surface area contributed by atoms with Crippen LogP contribution in [0.2, 0.25) is 0 Å². The maximum Gasteiger partial charge on any atom is 0.0323 e. The van der Waals surface area contributed by atoms with Crippen LogP contribution in [0.4, 0.5) is 0 Å². The summed E-state index contributed by atoms with van der Waals surface area (Å²) in [6.45, 7) is 3.27. The molecule has 0 aromatic heterocycles. The molecule has 1 unspecified atom stereocenters. The number of hydrogen-bond donors (Lipinski definition) is 1. The molecular weight excluding hydrogens is 134 g/mol. The molecule has 0 aliphatic carbocycles. The Kier molecular flexibility index (Phi) is 1.66. The van der Waals surface area contributed by atoms with Crippen LogP contribution in [-0.4, -0.2) is 0 Å². The molecule has 1 heterocycles. The third kappa shape index (κ3) is 1.05. The molecular formula is C10H13N. The Bertz CT molecular complexity index is 255. The van der Waals surface area contributed by atoms with Gasteiger partial charge in [-0.05, 0) is 17.5 Å². The Labute approximate surface area is 67.4 Å². The predicted molar refractivity (Wildman–Crippen MR) is 46.3 cm³/mol. The van der Waals surface area contributed by atoms with Crippen molar-refractivity contribution in [1.29, 1.82) is 0 Å². The van der Waals surface area contributed by atoms with Crippen LogP contribution in [0.15, 0.2) is 24.3 Å². The van der Waals surface area contributed by atoms with Gasteiger partial charge in [-0.15, -0.1) is 0 Å². The van der Waals surface area contributed by atoms with Gasteiger partial charge in [-0.25, -0.2) is 0 Å². The summed E-state index contributed by atoms with van der Waals surface area (Å²) in [4.78, 5) is 0. The van der Waals surface area contributed by atoms with Gasteiger partial charge in [0.1, 0.15) is 0 Å². The van der Waals surface area contributed by atoms with Gasteiger partial charge in [-0.3, -0.25) is 0 Å². The molecule has 1 N–H and O–H groups in total. The lowest BCUT2D eigenvalue weighted by atomic mass is 10.0. The first-order valence-electron chi connectivity index (χ1n) is 4.23. The van der Waals surface area contributed by atoms with E-state index in [0.29, 0.717) is 6.04 Å². The molecule has 1 aliphatic rings. The Morgan fingerprint density at radius 1 is 1.45 bits per heavy atom. The topological polar surface area (TPSA) is 12.0 Å². The summed E-state index contributed by atoms with van der Waals surface area (Å²) in [5, 5.41) is 3.47. The molecule has 1 aromatic carbocycles. The number of fused-ring (bicyclic) bond motifs is 1. The van der Waals surface area contributed by atoms with E-state index >= 15 is 0 Å². The van der Waals surface area contributed by atoms with Crippen molar-refractivity contribution in [3.05, 3.63) is 35.4 Å². The van der Waals surface area contributed by atoms with Crippen LogP contribution in [0.3, 0.4) is 0 Å². The Balaban J connectivity index is 2.39. The highest BCUT2D eigenvalue weighted by molar-refractivity contribution is 5.33. The lowest BCUT2D eigenvalue weighted by Crippen LogP contribution is -2.10. The van der Waals surface area contributed by atoms with E-state index in [0.717, 1.165) is 6.54 Å². The molecule has 0 saturated heterocycles. The van der Waals surface area contributed by atoms with Gasteiger partial charge in [0.2, 0.25) is 0 Å². The van der Waals surface area contributed by atoms with Crippen molar-refractivity contribution in [3.63, 3.8) is 0 Å². The minimum Gasteiger partial charge on any atom is -0.306 e. The summed E-state index contributed by atoms with van der Waals surface area (Å²) in [6.07, 6.45) is 1.19. The van der Waals surface area contributed by atoms with Crippen molar-refractivity contribution in [2.24, 2.45) is 0 Å². The number of nitrogens with one attached hydrogen (secondary N) is 1. The smallest absolute Gasteiger partial charge is 0.0323 e. The fourth-order valence-electron chi connectivity index (χ4n) is 1.74. The molecule has 1 nitrogen and oxygen atoms in total. The number of rotatable bonds is 1. The third-order valence-electron chi connectivity index (χ3n) is 2.38. The summed E-state index contributed by atoms with van der Waals surface area (Å²) >= 11 is 0. The molecule has 11 heavy (non-hydrogen) atoms. The van der Waals surface area contributed by atoms with E-state index in [9.17, 15) is 0 Å². The molecule has 2 rings (SSSR count). The van der Waals surface area contributed by atoms with Gasteiger partial charge in [-0.1, -0.05) is 31.2 Å². The summed E-state index contributed by atoms with van der Waals surface area (Å²) in [5.74, 6) is 0. The SMILES string of the molecule is CCC1NCc2ccccc21. The van der Waals surface area contributed by atoms with Crippen molar-refractivity contribution in [2.45, 2.75) is 25.9 Å². The normalized spacial score (nSPS) is 21.7. The zero-order valence-electron chi connectivity index (χ0n) is 6.80. The highest BCUT2D eigenvalue weighted by atomic mass is 14.9. The van der Waals surface area contributed by atoms with Crippen LogP contribution in [0.1, 0.15) is 30.5 Å². The van der Waals surface area contributed by atoms with E-state index in [4.69, 9.17) is 0 Å². The molecule has 0 saturated carbocycles. The third-order valence-corrected chi connectivity index (χ3v) is 2.38. The summed E-state index contributed by atoms with van der Waals surface area (Å²) < 4.78 is 0. The summed E-state index contributed by atoms with van der Waals surface area (Å²) in [7, 11) is 0. The molecule has 58 valence electrons. The van der Waals surface area contributed by atoms with Crippen LogP contribution in [-0.2, 0) is 6.54 Å². The van der Waals surface area contributed by atoms with Crippen LogP contribution in [0.25, 0.3) is 0 Å². The maximum absolute atomic E-state index is 3.47. The Morgan fingerprint density at radius 3 is 3.09 bits per heavy atom. The first-order valence-corrected chi connectivity index (χ1v) is 4.23. The van der Waals surface area contributed by atoms with E-state index in [-0.39, 0.29) is 0 Å². The van der Waals surface area contributed by atoms with Crippen molar-refractivity contribution in [2.75, 3.05) is 0 Å². The fourth-order valence-corrected chi connectivity index (χ4v) is 1.74. The van der Waals surface area contributed by atoms with Crippen molar-refractivity contribution >= 4 is 0 Å². The van der Waals surface area contributed by atoms with Gasteiger partial charge in [-0.2, -0.15) is 0 Å². The van der Waals surface area contributed by atoms with Gasteiger partial charge in [0.05, 0.1) is 0 Å². The second-order valence-electron chi connectivity index (χ2n) is 3.04. The molecule has 0 bridgehead atoms. The first kappa shape index (κ1) is 6.86.